The second-order valence-electron chi connectivity index (χ2n) is 6.67. The second kappa shape index (κ2) is 9.30. The molecular formula is C19H19Cl2IN2O3S. The van der Waals surface area contributed by atoms with Gasteiger partial charge in [-0.15, -0.1) is 0 Å². The van der Waals surface area contributed by atoms with E-state index in [0.29, 0.717) is 41.5 Å². The van der Waals surface area contributed by atoms with Gasteiger partial charge in [0.1, 0.15) is 0 Å². The molecule has 0 saturated carbocycles. The molecule has 5 nitrogen and oxygen atoms in total. The topological polar surface area (TPSA) is 66.5 Å². The van der Waals surface area contributed by atoms with E-state index in [9.17, 15) is 13.2 Å². The van der Waals surface area contributed by atoms with Crippen LogP contribution in [-0.4, -0.2) is 31.7 Å². The summed E-state index contributed by atoms with van der Waals surface area (Å²) >= 11 is 14.1. The summed E-state index contributed by atoms with van der Waals surface area (Å²) in [7, 11) is -3.48. The number of halogens is 3. The van der Waals surface area contributed by atoms with Crippen molar-refractivity contribution in [1.29, 1.82) is 0 Å². The first kappa shape index (κ1) is 21.8. The van der Waals surface area contributed by atoms with Crippen LogP contribution in [0.5, 0.6) is 0 Å². The van der Waals surface area contributed by atoms with Crippen molar-refractivity contribution in [3.05, 3.63) is 61.6 Å². The molecule has 9 heteroatoms. The molecule has 1 heterocycles. The largest absolute Gasteiger partial charge is 0.326 e. The van der Waals surface area contributed by atoms with Gasteiger partial charge in [-0.3, -0.25) is 4.79 Å². The third kappa shape index (κ3) is 5.60. The molecule has 2 aromatic rings. The molecule has 0 bridgehead atoms. The molecule has 28 heavy (non-hydrogen) atoms. The number of amides is 1. The maximum atomic E-state index is 12.7. The van der Waals surface area contributed by atoms with E-state index in [4.69, 9.17) is 23.2 Å². The van der Waals surface area contributed by atoms with Crippen molar-refractivity contribution in [3.8, 4) is 0 Å². The van der Waals surface area contributed by atoms with E-state index in [0.717, 1.165) is 9.26 Å². The van der Waals surface area contributed by atoms with Crippen LogP contribution in [0.25, 0.3) is 0 Å². The van der Waals surface area contributed by atoms with E-state index in [1.165, 1.54) is 4.31 Å². The monoisotopic (exact) mass is 552 g/mol. The van der Waals surface area contributed by atoms with E-state index in [-0.39, 0.29) is 17.6 Å². The Balaban J connectivity index is 1.56. The third-order valence-electron chi connectivity index (χ3n) is 4.66. The first-order valence-electron chi connectivity index (χ1n) is 8.73. The Labute approximate surface area is 188 Å². The Hall–Kier alpha value is -0.870. The van der Waals surface area contributed by atoms with Crippen molar-refractivity contribution in [2.24, 2.45) is 5.92 Å². The fourth-order valence-electron chi connectivity index (χ4n) is 3.11. The van der Waals surface area contributed by atoms with Crippen LogP contribution in [0.4, 0.5) is 5.69 Å². The van der Waals surface area contributed by atoms with Crippen molar-refractivity contribution in [2.45, 2.75) is 18.6 Å². The molecule has 1 aliphatic heterocycles. The molecule has 0 aromatic heterocycles. The SMILES string of the molecule is O=C(Nc1ccc(I)cc1)C1CCN(S(=O)(=O)Cc2ccc(Cl)c(Cl)c2)CC1. The predicted molar refractivity (Wildman–Crippen MR) is 121 cm³/mol. The molecule has 1 fully saturated rings. The van der Waals surface area contributed by atoms with Gasteiger partial charge in [0.05, 0.1) is 15.8 Å². The number of sulfonamides is 1. The van der Waals surface area contributed by atoms with E-state index < -0.39 is 10.0 Å². The Morgan fingerprint density at radius 3 is 2.32 bits per heavy atom. The fraction of sp³-hybridized carbons (Fsp3) is 0.316. The van der Waals surface area contributed by atoms with E-state index in [1.54, 1.807) is 18.2 Å². The van der Waals surface area contributed by atoms with Crippen LogP contribution >= 0.6 is 45.8 Å². The number of hydrogen-bond donors (Lipinski definition) is 1. The number of carbonyl (C=O) groups excluding carboxylic acids is 1. The van der Waals surface area contributed by atoms with Crippen molar-refractivity contribution in [1.82, 2.24) is 4.31 Å². The number of nitrogens with one attached hydrogen (secondary N) is 1. The molecule has 0 spiro atoms. The van der Waals surface area contributed by atoms with Crippen LogP contribution in [0, 0.1) is 9.49 Å². The lowest BCUT2D eigenvalue weighted by Gasteiger charge is -2.30. The smallest absolute Gasteiger partial charge is 0.227 e. The number of rotatable bonds is 5. The third-order valence-corrected chi connectivity index (χ3v) is 7.97. The maximum absolute atomic E-state index is 12.7. The zero-order valence-corrected chi connectivity index (χ0v) is 19.4. The van der Waals surface area contributed by atoms with Gasteiger partial charge in [-0.2, -0.15) is 0 Å². The Kier molecular flexibility index (Phi) is 7.25. The van der Waals surface area contributed by atoms with Crippen LogP contribution in [-0.2, 0) is 20.6 Å². The molecular weight excluding hydrogens is 534 g/mol. The van der Waals surface area contributed by atoms with Crippen LogP contribution in [0.3, 0.4) is 0 Å². The van der Waals surface area contributed by atoms with Crippen molar-refractivity contribution in [3.63, 3.8) is 0 Å². The molecule has 1 aliphatic rings. The number of nitrogens with zero attached hydrogens (tertiary/aromatic N) is 1. The summed E-state index contributed by atoms with van der Waals surface area (Å²) in [6.45, 7) is 0.656. The van der Waals surface area contributed by atoms with Crippen LogP contribution in [0.2, 0.25) is 10.0 Å². The van der Waals surface area contributed by atoms with Gasteiger partial charge in [-0.05, 0) is 77.4 Å². The summed E-state index contributed by atoms with van der Waals surface area (Å²) in [6.07, 6.45) is 0.994. The Morgan fingerprint density at radius 1 is 1.07 bits per heavy atom. The highest BCUT2D eigenvalue weighted by atomic mass is 127. The molecule has 3 rings (SSSR count). The summed E-state index contributed by atoms with van der Waals surface area (Å²) in [5.41, 5.74) is 1.34. The molecule has 0 aliphatic carbocycles. The standard InChI is InChI=1S/C19H19Cl2IN2O3S/c20-17-6-1-13(11-18(17)21)12-28(26,27)24-9-7-14(8-10-24)19(25)23-16-4-2-15(22)3-5-16/h1-6,11,14H,7-10,12H2,(H,23,25). The second-order valence-corrected chi connectivity index (χ2v) is 10.7. The highest BCUT2D eigenvalue weighted by Gasteiger charge is 2.31. The number of hydrogen-bond acceptors (Lipinski definition) is 3. The van der Waals surface area contributed by atoms with Crippen LogP contribution in [0.15, 0.2) is 42.5 Å². The maximum Gasteiger partial charge on any atom is 0.227 e. The van der Waals surface area contributed by atoms with Crippen molar-refractivity contribution in [2.75, 3.05) is 18.4 Å². The summed E-state index contributed by atoms with van der Waals surface area (Å²) in [5, 5.41) is 3.63. The summed E-state index contributed by atoms with van der Waals surface area (Å²) in [4.78, 5) is 12.5. The summed E-state index contributed by atoms with van der Waals surface area (Å²) in [5.74, 6) is -0.401. The highest BCUT2D eigenvalue weighted by Crippen LogP contribution is 2.26. The average Bonchev–Trinajstić information content (AvgIpc) is 2.66. The first-order chi connectivity index (χ1) is 13.2. The van der Waals surface area contributed by atoms with Crippen molar-refractivity contribution < 1.29 is 13.2 Å². The first-order valence-corrected chi connectivity index (χ1v) is 12.2. The number of benzene rings is 2. The molecule has 150 valence electrons. The minimum atomic E-state index is -3.48. The molecule has 1 N–H and O–H groups in total. The molecule has 1 amide bonds. The minimum absolute atomic E-state index is 0.0669. The average molecular weight is 553 g/mol. The van der Waals surface area contributed by atoms with Crippen LogP contribution < -0.4 is 5.32 Å². The van der Waals surface area contributed by atoms with E-state index >= 15 is 0 Å². The van der Waals surface area contributed by atoms with Gasteiger partial charge in [0, 0.05) is 28.3 Å². The van der Waals surface area contributed by atoms with Crippen LogP contribution in [0.1, 0.15) is 18.4 Å². The normalized spacial score (nSPS) is 16.1. The molecule has 2 aromatic carbocycles. The fourth-order valence-corrected chi connectivity index (χ4v) is 5.34. The van der Waals surface area contributed by atoms with Crippen molar-refractivity contribution >= 4 is 67.4 Å². The lowest BCUT2D eigenvalue weighted by molar-refractivity contribution is -0.120. The Morgan fingerprint density at radius 2 is 1.71 bits per heavy atom. The number of piperidine rings is 1. The van der Waals surface area contributed by atoms with E-state index in [1.807, 2.05) is 24.3 Å². The van der Waals surface area contributed by atoms with Gasteiger partial charge in [0.2, 0.25) is 15.9 Å². The van der Waals surface area contributed by atoms with Gasteiger partial charge in [-0.25, -0.2) is 12.7 Å². The summed E-state index contributed by atoms with van der Waals surface area (Å²) < 4.78 is 27.9. The van der Waals surface area contributed by atoms with Gasteiger partial charge in [0.25, 0.3) is 0 Å². The molecule has 0 unspecified atom stereocenters. The lowest BCUT2D eigenvalue weighted by atomic mass is 9.97. The van der Waals surface area contributed by atoms with Gasteiger partial charge in [0.15, 0.2) is 0 Å². The zero-order valence-electron chi connectivity index (χ0n) is 14.9. The quantitative estimate of drug-likeness (QED) is 0.543. The van der Waals surface area contributed by atoms with Gasteiger partial charge >= 0.3 is 0 Å². The van der Waals surface area contributed by atoms with Gasteiger partial charge in [-0.1, -0.05) is 29.3 Å². The molecule has 0 atom stereocenters. The summed E-state index contributed by atoms with van der Waals surface area (Å²) in [6, 6.07) is 12.4. The predicted octanol–water partition coefficient (Wildman–Crippen LogP) is 4.78. The molecule has 1 saturated heterocycles. The van der Waals surface area contributed by atoms with E-state index in [2.05, 4.69) is 27.9 Å². The Bertz CT molecular complexity index is 960. The number of carbonyl (C=O) groups is 1. The van der Waals surface area contributed by atoms with Gasteiger partial charge < -0.3 is 5.32 Å². The number of anilines is 1. The molecule has 0 radical (unpaired) electrons. The highest BCUT2D eigenvalue weighted by molar-refractivity contribution is 14.1. The lowest BCUT2D eigenvalue weighted by Crippen LogP contribution is -2.41. The zero-order chi connectivity index (χ0) is 20.3. The minimum Gasteiger partial charge on any atom is -0.326 e.